The molecular weight excluding hydrogens is 751 g/mol. The van der Waals surface area contributed by atoms with Crippen molar-refractivity contribution in [3.05, 3.63) is 175 Å². The largest absolute Gasteiger partial charge is 0.458 e. The Morgan fingerprint density at radius 1 is 0.639 bits per heavy atom. The van der Waals surface area contributed by atoms with Crippen LogP contribution in [-0.4, -0.2) is 23.5 Å². The Morgan fingerprint density at radius 3 is 2.07 bits per heavy atom. The third-order valence-corrected chi connectivity index (χ3v) is 12.1. The summed E-state index contributed by atoms with van der Waals surface area (Å²) in [7, 11) is 0. The molecule has 0 amide bonds. The predicted molar refractivity (Wildman–Crippen MR) is 243 cm³/mol. The van der Waals surface area contributed by atoms with Gasteiger partial charge in [0.05, 0.1) is 61.6 Å². The summed E-state index contributed by atoms with van der Waals surface area (Å²) in [5.74, 6) is 2.00. The first-order valence-electron chi connectivity index (χ1n) is 20.5. The van der Waals surface area contributed by atoms with Crippen LogP contribution in [0.4, 0.5) is 0 Å². The molecule has 0 aliphatic carbocycles. The summed E-state index contributed by atoms with van der Waals surface area (Å²) >= 11 is 0. The number of ether oxygens (including phenoxy) is 1. The third kappa shape index (κ3) is 5.27. The summed E-state index contributed by atoms with van der Waals surface area (Å²) in [5.41, 5.74) is 11.8. The quantitative estimate of drug-likeness (QED) is 0.129. The molecule has 290 valence electrons. The van der Waals surface area contributed by atoms with Gasteiger partial charge in [-0.15, -0.1) is 0 Å². The Bertz CT molecular complexity index is 3730. The molecule has 0 aliphatic rings. The fourth-order valence-electron chi connectivity index (χ4n) is 9.29. The van der Waals surface area contributed by atoms with Crippen LogP contribution in [0.1, 0.15) is 37.6 Å². The molecule has 0 N–H and O–H groups in total. The van der Waals surface area contributed by atoms with Crippen LogP contribution in [-0.2, 0) is 5.41 Å². The van der Waals surface area contributed by atoms with Gasteiger partial charge in [0.25, 0.3) is 6.33 Å². The maximum Gasteiger partial charge on any atom is 0.269 e. The molecule has 0 fully saturated rings. The van der Waals surface area contributed by atoms with Crippen LogP contribution in [0, 0.1) is 24.6 Å². The number of rotatable bonds is 5. The fourth-order valence-corrected chi connectivity index (χ4v) is 9.29. The molecular formula is C53H37N7O. The zero-order chi connectivity index (χ0) is 41.1. The molecule has 0 bridgehead atoms. The number of hydrogen-bond acceptors (Lipinski definition) is 4. The molecule has 0 aliphatic heterocycles. The topological polar surface area (TPSA) is 77.0 Å². The van der Waals surface area contributed by atoms with Gasteiger partial charge in [0.15, 0.2) is 0 Å². The molecule has 0 saturated heterocycles. The average molecular weight is 788 g/mol. The summed E-state index contributed by atoms with van der Waals surface area (Å²) in [6.45, 7) is 8.64. The highest BCUT2D eigenvalue weighted by atomic mass is 16.5. The minimum atomic E-state index is -0.0502. The first-order chi connectivity index (χ1) is 29.7. The van der Waals surface area contributed by atoms with Crippen molar-refractivity contribution >= 4 is 70.9 Å². The van der Waals surface area contributed by atoms with E-state index < -0.39 is 0 Å². The maximum atomic E-state index is 10.3. The molecule has 6 aromatic heterocycles. The number of nitriles is 1. The van der Waals surface area contributed by atoms with Crippen molar-refractivity contribution in [3.63, 3.8) is 0 Å². The van der Waals surface area contributed by atoms with Gasteiger partial charge in [-0.05, 0) is 90.7 Å². The van der Waals surface area contributed by atoms with Crippen molar-refractivity contribution in [2.75, 3.05) is 0 Å². The molecule has 61 heavy (non-hydrogen) atoms. The molecule has 0 spiro atoms. The van der Waals surface area contributed by atoms with E-state index in [-0.39, 0.29) is 5.41 Å². The van der Waals surface area contributed by atoms with Crippen molar-refractivity contribution in [2.24, 2.45) is 0 Å². The lowest BCUT2D eigenvalue weighted by Gasteiger charge is -2.20. The van der Waals surface area contributed by atoms with Gasteiger partial charge in [-0.2, -0.15) is 5.26 Å². The molecule has 0 atom stereocenters. The molecule has 0 unspecified atom stereocenters. The lowest BCUT2D eigenvalue weighted by molar-refractivity contribution is -0.572. The van der Waals surface area contributed by atoms with Crippen LogP contribution >= 0.6 is 0 Å². The highest BCUT2D eigenvalue weighted by Gasteiger charge is 2.22. The van der Waals surface area contributed by atoms with Crippen molar-refractivity contribution in [2.45, 2.75) is 33.1 Å². The van der Waals surface area contributed by atoms with Gasteiger partial charge in [0.1, 0.15) is 17.3 Å². The van der Waals surface area contributed by atoms with E-state index in [1.807, 2.05) is 48.1 Å². The summed E-state index contributed by atoms with van der Waals surface area (Å²) in [4.78, 5) is 9.51. The number of hydrogen-bond donors (Lipinski definition) is 0. The van der Waals surface area contributed by atoms with Crippen molar-refractivity contribution < 1.29 is 9.30 Å². The van der Waals surface area contributed by atoms with Crippen LogP contribution < -0.4 is 9.30 Å². The number of nitrogens with zero attached hydrogens (tertiary/aromatic N) is 7. The van der Waals surface area contributed by atoms with E-state index in [1.54, 1.807) is 6.07 Å². The molecule has 6 heterocycles. The Hall–Kier alpha value is -8.02. The molecule has 0 saturated carbocycles. The maximum absolute atomic E-state index is 10.3. The van der Waals surface area contributed by atoms with Crippen LogP contribution in [0.2, 0.25) is 0 Å². The SMILES string of the molecule is Cc1cc2c(cn1)c1ccc(Oc3cc(C#N)cc(-n4[c-][n+](-c5cc6c7ccccc7n7c8ccccc8c(c5)c67)c5ccccc54)c3)cc1n2-c1cc(C(C)(C)C)ccn1. The van der Waals surface area contributed by atoms with Crippen LogP contribution in [0.15, 0.2) is 152 Å². The molecule has 0 radical (unpaired) electrons. The van der Waals surface area contributed by atoms with Gasteiger partial charge in [-0.1, -0.05) is 81.4 Å². The third-order valence-electron chi connectivity index (χ3n) is 12.1. The normalized spacial score (nSPS) is 12.2. The van der Waals surface area contributed by atoms with Gasteiger partial charge in [0, 0.05) is 56.5 Å². The van der Waals surface area contributed by atoms with Crippen molar-refractivity contribution in [1.29, 1.82) is 5.26 Å². The van der Waals surface area contributed by atoms with Crippen LogP contribution in [0.25, 0.3) is 88.1 Å². The second-order valence-electron chi connectivity index (χ2n) is 17.0. The Morgan fingerprint density at radius 2 is 1.33 bits per heavy atom. The Balaban J connectivity index is 1.00. The van der Waals surface area contributed by atoms with E-state index in [9.17, 15) is 5.26 Å². The van der Waals surface area contributed by atoms with Crippen molar-refractivity contribution in [3.8, 4) is 34.8 Å². The van der Waals surface area contributed by atoms with Gasteiger partial charge in [-0.3, -0.25) is 18.7 Å². The predicted octanol–water partition coefficient (Wildman–Crippen LogP) is 12.0. The molecule has 12 aromatic rings. The molecule has 8 heteroatoms. The van der Waals surface area contributed by atoms with E-state index in [0.29, 0.717) is 17.1 Å². The Labute approximate surface area is 350 Å². The number of para-hydroxylation sites is 4. The zero-order valence-corrected chi connectivity index (χ0v) is 34.0. The van der Waals surface area contributed by atoms with E-state index in [0.717, 1.165) is 55.7 Å². The number of benzene rings is 6. The summed E-state index contributed by atoms with van der Waals surface area (Å²) < 4.78 is 15.4. The van der Waals surface area contributed by atoms with Gasteiger partial charge in [-0.25, -0.2) is 4.98 Å². The Kier molecular flexibility index (Phi) is 7.30. The lowest BCUT2D eigenvalue weighted by Crippen LogP contribution is -2.29. The van der Waals surface area contributed by atoms with E-state index in [2.05, 4.69) is 161 Å². The van der Waals surface area contributed by atoms with E-state index >= 15 is 0 Å². The van der Waals surface area contributed by atoms with Crippen molar-refractivity contribution in [1.82, 2.24) is 23.5 Å². The number of aryl methyl sites for hydroxylation is 1. The smallest absolute Gasteiger partial charge is 0.269 e. The first-order valence-corrected chi connectivity index (χ1v) is 20.5. The number of imidazole rings is 1. The fraction of sp³-hybridized carbons (Fsp3) is 0.0943. The number of aromatic nitrogens is 6. The second kappa shape index (κ2) is 12.7. The molecule has 12 rings (SSSR count). The van der Waals surface area contributed by atoms with Crippen LogP contribution in [0.3, 0.4) is 0 Å². The van der Waals surface area contributed by atoms with Crippen LogP contribution in [0.5, 0.6) is 11.5 Å². The standard InChI is InChI=1S/C53H37N7O/c1-32-21-49-44(30-56-32)41-18-17-37(28-50(41)59(49)51-24-34(19-20-55-51)53(2,3)4)61-38-23-33(29-54)22-35(25-38)57-31-58(48-16-10-9-15-47(48)57)36-26-42-39-11-5-7-13-45(39)60-46-14-8-6-12-40(46)43(27-36)52(42)60/h5-28,30H,1-4H3. The van der Waals surface area contributed by atoms with Gasteiger partial charge in [0.2, 0.25) is 0 Å². The first kappa shape index (κ1) is 35.0. The van der Waals surface area contributed by atoms with Gasteiger partial charge < -0.3 is 9.14 Å². The second-order valence-corrected chi connectivity index (χ2v) is 17.0. The van der Waals surface area contributed by atoms with E-state index in [4.69, 9.17) is 9.72 Å². The molecule has 6 aromatic carbocycles. The number of fused-ring (bicyclic) bond motifs is 10. The zero-order valence-electron chi connectivity index (χ0n) is 34.0. The summed E-state index contributed by atoms with van der Waals surface area (Å²) in [6, 6.07) is 50.6. The monoisotopic (exact) mass is 787 g/mol. The minimum absolute atomic E-state index is 0.0502. The average Bonchev–Trinajstić information content (AvgIpc) is 4.01. The summed E-state index contributed by atoms with van der Waals surface area (Å²) in [6.07, 6.45) is 7.51. The lowest BCUT2D eigenvalue weighted by atomic mass is 9.88. The number of pyridine rings is 2. The minimum Gasteiger partial charge on any atom is -0.458 e. The van der Waals surface area contributed by atoms with E-state index in [1.165, 1.54) is 43.7 Å². The van der Waals surface area contributed by atoms with Gasteiger partial charge >= 0.3 is 0 Å². The molecule has 8 nitrogen and oxygen atoms in total. The summed E-state index contributed by atoms with van der Waals surface area (Å²) in [5, 5.41) is 17.2. The highest BCUT2D eigenvalue weighted by molar-refractivity contribution is 6.23. The highest BCUT2D eigenvalue weighted by Crippen LogP contribution is 2.41.